The molecular formula is C11H14N2. The second-order valence-electron chi connectivity index (χ2n) is 2.79. The lowest BCUT2D eigenvalue weighted by Crippen LogP contribution is -2.18. The minimum Gasteiger partial charge on any atom is -0.196 e. The first-order valence-corrected chi connectivity index (χ1v) is 4.29. The van der Waals surface area contributed by atoms with Crippen molar-refractivity contribution in [3.05, 3.63) is 24.3 Å². The fourth-order valence-electron chi connectivity index (χ4n) is 1.36. The summed E-state index contributed by atoms with van der Waals surface area (Å²) < 4.78 is 0. The van der Waals surface area contributed by atoms with Crippen molar-refractivity contribution in [2.45, 2.75) is 26.7 Å². The molecule has 0 aromatic carbocycles. The van der Waals surface area contributed by atoms with Crippen LogP contribution in [0, 0.1) is 28.1 Å². The Balaban J connectivity index is 5.13. The van der Waals surface area contributed by atoms with Gasteiger partial charge < -0.3 is 0 Å². The van der Waals surface area contributed by atoms with Gasteiger partial charge in [0.25, 0.3) is 0 Å². The van der Waals surface area contributed by atoms with Crippen LogP contribution in [0.4, 0.5) is 0 Å². The minimum atomic E-state index is -0.995. The molecule has 0 bridgehead atoms. The molecule has 0 N–H and O–H groups in total. The van der Waals surface area contributed by atoms with Gasteiger partial charge in [-0.25, -0.2) is 0 Å². The van der Waals surface area contributed by atoms with Crippen molar-refractivity contribution >= 4 is 0 Å². The normalized spacial score (nSPS) is 11.5. The molecule has 0 heterocycles. The van der Waals surface area contributed by atoms with Crippen molar-refractivity contribution < 1.29 is 0 Å². The molecule has 2 nitrogen and oxygen atoms in total. The van der Waals surface area contributed by atoms with Crippen molar-refractivity contribution in [2.24, 2.45) is 5.41 Å². The Morgan fingerprint density at radius 2 is 2.00 bits per heavy atom. The summed E-state index contributed by atoms with van der Waals surface area (Å²) in [6.45, 7) is 7.36. The zero-order valence-electron chi connectivity index (χ0n) is 8.17. The third kappa shape index (κ3) is 2.20. The van der Waals surface area contributed by atoms with Crippen LogP contribution in [-0.2, 0) is 0 Å². The quantitative estimate of drug-likeness (QED) is 0.615. The highest BCUT2D eigenvalue weighted by Gasteiger charge is 2.31. The number of hydrogen-bond acceptors (Lipinski definition) is 2. The van der Waals surface area contributed by atoms with E-state index >= 15 is 0 Å². The Kier molecular flexibility index (Phi) is 4.55. The number of allylic oxidation sites excluding steroid dienone is 3. The van der Waals surface area contributed by atoms with Crippen molar-refractivity contribution in [3.8, 4) is 12.1 Å². The number of nitrogens with zero attached hydrogens (tertiary/aromatic N) is 2. The second-order valence-corrected chi connectivity index (χ2v) is 2.79. The topological polar surface area (TPSA) is 47.6 Å². The van der Waals surface area contributed by atoms with E-state index in [0.29, 0.717) is 6.42 Å². The van der Waals surface area contributed by atoms with Gasteiger partial charge in [-0.05, 0) is 18.9 Å². The van der Waals surface area contributed by atoms with E-state index in [1.165, 1.54) is 0 Å². The highest BCUT2D eigenvalue weighted by atomic mass is 14.4. The van der Waals surface area contributed by atoms with Gasteiger partial charge in [0.1, 0.15) is 0 Å². The lowest BCUT2D eigenvalue weighted by Gasteiger charge is -2.19. The van der Waals surface area contributed by atoms with Crippen LogP contribution in [-0.4, -0.2) is 0 Å². The van der Waals surface area contributed by atoms with Crippen molar-refractivity contribution in [3.63, 3.8) is 0 Å². The fourth-order valence-corrected chi connectivity index (χ4v) is 1.36. The van der Waals surface area contributed by atoms with Gasteiger partial charge >= 0.3 is 0 Å². The number of nitriles is 2. The van der Waals surface area contributed by atoms with E-state index in [0.717, 1.165) is 12.0 Å². The molecule has 13 heavy (non-hydrogen) atoms. The molecular weight excluding hydrogens is 160 g/mol. The zero-order valence-corrected chi connectivity index (χ0v) is 8.17. The van der Waals surface area contributed by atoms with E-state index in [-0.39, 0.29) is 0 Å². The molecule has 0 amide bonds. The van der Waals surface area contributed by atoms with Crippen LogP contribution in [0.5, 0.6) is 0 Å². The Labute approximate surface area is 79.8 Å². The molecule has 0 aliphatic carbocycles. The van der Waals surface area contributed by atoms with E-state index in [4.69, 9.17) is 10.5 Å². The van der Waals surface area contributed by atoms with Gasteiger partial charge in [0, 0.05) is 6.42 Å². The first kappa shape index (κ1) is 11.5. The molecule has 0 aromatic rings. The highest BCUT2D eigenvalue weighted by molar-refractivity contribution is 5.33. The summed E-state index contributed by atoms with van der Waals surface area (Å²) in [6.07, 6.45) is 4.58. The Bertz CT molecular complexity index is 272. The summed E-state index contributed by atoms with van der Waals surface area (Å²) in [5.74, 6) is 0. The smallest absolute Gasteiger partial charge is 0.168 e. The Hall–Kier alpha value is -1.54. The lowest BCUT2D eigenvalue weighted by atomic mass is 9.78. The monoisotopic (exact) mass is 174 g/mol. The third-order valence-electron chi connectivity index (χ3n) is 2.11. The molecule has 0 rings (SSSR count). The maximum atomic E-state index is 8.98. The van der Waals surface area contributed by atoms with Crippen LogP contribution >= 0.6 is 0 Å². The molecule has 0 atom stereocenters. The molecule has 0 spiro atoms. The van der Waals surface area contributed by atoms with Crippen molar-refractivity contribution in [2.75, 3.05) is 0 Å². The van der Waals surface area contributed by atoms with Gasteiger partial charge in [-0.2, -0.15) is 10.5 Å². The molecule has 0 saturated carbocycles. The molecule has 0 fully saturated rings. The average Bonchev–Trinajstić information content (AvgIpc) is 2.18. The lowest BCUT2D eigenvalue weighted by molar-refractivity contribution is 0.605. The average molecular weight is 174 g/mol. The van der Waals surface area contributed by atoms with Crippen LogP contribution in [0.2, 0.25) is 0 Å². The van der Waals surface area contributed by atoms with Crippen LogP contribution < -0.4 is 0 Å². The standard InChI is InChI=1S/C11H14N2/c1-4-7-11(8-12,9-13)10(5-2)6-3/h4-5H,1,6-7H2,2-3H3/b10-5-. The molecule has 2 heteroatoms. The largest absolute Gasteiger partial charge is 0.196 e. The summed E-state index contributed by atoms with van der Waals surface area (Å²) in [4.78, 5) is 0. The molecule has 68 valence electrons. The number of rotatable bonds is 4. The predicted octanol–water partition coefficient (Wildman–Crippen LogP) is 2.95. The predicted molar refractivity (Wildman–Crippen MR) is 52.5 cm³/mol. The first-order valence-electron chi connectivity index (χ1n) is 4.29. The van der Waals surface area contributed by atoms with E-state index in [1.807, 2.05) is 19.9 Å². The zero-order chi connectivity index (χ0) is 10.3. The number of hydrogen-bond donors (Lipinski definition) is 0. The van der Waals surface area contributed by atoms with E-state index < -0.39 is 5.41 Å². The fraction of sp³-hybridized carbons (Fsp3) is 0.455. The van der Waals surface area contributed by atoms with Crippen LogP contribution in [0.1, 0.15) is 26.7 Å². The molecule has 0 radical (unpaired) electrons. The van der Waals surface area contributed by atoms with Gasteiger partial charge in [-0.1, -0.05) is 19.1 Å². The summed E-state index contributed by atoms with van der Waals surface area (Å²) in [5, 5.41) is 18.0. The highest BCUT2D eigenvalue weighted by Crippen LogP contribution is 2.32. The molecule has 0 aliphatic rings. The first-order chi connectivity index (χ1) is 6.20. The Morgan fingerprint density at radius 1 is 1.46 bits per heavy atom. The van der Waals surface area contributed by atoms with E-state index in [2.05, 4.69) is 18.7 Å². The minimum absolute atomic E-state index is 0.396. The second kappa shape index (κ2) is 5.17. The molecule has 0 aliphatic heterocycles. The van der Waals surface area contributed by atoms with Crippen molar-refractivity contribution in [1.29, 1.82) is 10.5 Å². The van der Waals surface area contributed by atoms with Crippen LogP contribution in [0.15, 0.2) is 24.3 Å². The van der Waals surface area contributed by atoms with Gasteiger partial charge in [0.2, 0.25) is 0 Å². The molecule has 0 unspecified atom stereocenters. The van der Waals surface area contributed by atoms with Gasteiger partial charge in [-0.15, -0.1) is 6.58 Å². The third-order valence-corrected chi connectivity index (χ3v) is 2.11. The summed E-state index contributed by atoms with van der Waals surface area (Å²) >= 11 is 0. The van der Waals surface area contributed by atoms with Gasteiger partial charge in [0.05, 0.1) is 12.1 Å². The maximum absolute atomic E-state index is 8.98. The van der Waals surface area contributed by atoms with Crippen molar-refractivity contribution in [1.82, 2.24) is 0 Å². The summed E-state index contributed by atoms with van der Waals surface area (Å²) in [7, 11) is 0. The van der Waals surface area contributed by atoms with Gasteiger partial charge in [0.15, 0.2) is 5.41 Å². The van der Waals surface area contributed by atoms with E-state index in [9.17, 15) is 0 Å². The van der Waals surface area contributed by atoms with E-state index in [1.54, 1.807) is 6.08 Å². The Morgan fingerprint density at radius 3 is 2.23 bits per heavy atom. The molecule has 0 saturated heterocycles. The summed E-state index contributed by atoms with van der Waals surface area (Å²) in [5.41, 5.74) is -0.122. The summed E-state index contributed by atoms with van der Waals surface area (Å²) in [6, 6.07) is 4.13. The van der Waals surface area contributed by atoms with Gasteiger partial charge in [-0.3, -0.25) is 0 Å². The maximum Gasteiger partial charge on any atom is 0.168 e. The van der Waals surface area contributed by atoms with Crippen LogP contribution in [0.3, 0.4) is 0 Å². The SMILES string of the molecule is C=CCC(C#N)(C#N)/C(=C\C)CC. The van der Waals surface area contributed by atoms with Crippen LogP contribution in [0.25, 0.3) is 0 Å². The molecule has 0 aromatic heterocycles.